The molecule has 0 aromatic carbocycles. The first-order valence-corrected chi connectivity index (χ1v) is 5.21. The molecule has 0 fully saturated rings. The quantitative estimate of drug-likeness (QED) is 0.584. The van der Waals surface area contributed by atoms with Gasteiger partial charge in [-0.1, -0.05) is 33.1 Å². The molecule has 0 saturated heterocycles. The molecule has 1 aromatic rings. The van der Waals surface area contributed by atoms with E-state index in [0.717, 1.165) is 17.8 Å². The van der Waals surface area contributed by atoms with Gasteiger partial charge in [0.1, 0.15) is 0 Å². The smallest absolute Gasteiger partial charge is 0.579 e. The van der Waals surface area contributed by atoms with Crippen molar-refractivity contribution in [1.29, 1.82) is 0 Å². The van der Waals surface area contributed by atoms with Gasteiger partial charge in [0, 0.05) is 5.69 Å². The van der Waals surface area contributed by atoms with E-state index in [1.165, 1.54) is 31.2 Å². The van der Waals surface area contributed by atoms with Gasteiger partial charge in [-0.2, -0.15) is 0 Å². The summed E-state index contributed by atoms with van der Waals surface area (Å²) in [7, 11) is 0. The van der Waals surface area contributed by atoms with Crippen LogP contribution in [0, 0.1) is 13.8 Å². The average Bonchev–Trinajstić information content (AvgIpc) is 2.42. The Kier molecular flexibility index (Phi) is 7.24. The fourth-order valence-electron chi connectivity index (χ4n) is 1.62. The summed E-state index contributed by atoms with van der Waals surface area (Å²) in [5.41, 5.74) is 3.61. The van der Waals surface area contributed by atoms with Gasteiger partial charge >= 0.3 is 22.4 Å². The molecular formula is C11H19AuN2. The van der Waals surface area contributed by atoms with Crippen molar-refractivity contribution in [2.45, 2.75) is 52.9 Å². The van der Waals surface area contributed by atoms with Gasteiger partial charge in [0.2, 0.25) is 0 Å². The van der Waals surface area contributed by atoms with Gasteiger partial charge in [-0.15, -0.1) is 5.69 Å². The van der Waals surface area contributed by atoms with E-state index in [-0.39, 0.29) is 22.4 Å². The van der Waals surface area contributed by atoms with Crippen LogP contribution < -0.4 is 5.10 Å². The van der Waals surface area contributed by atoms with Crippen molar-refractivity contribution in [3.05, 3.63) is 17.0 Å². The molecule has 0 bridgehead atoms. The second-order valence-electron chi connectivity index (χ2n) is 3.66. The molecule has 0 aliphatic rings. The Morgan fingerprint density at radius 2 is 1.86 bits per heavy atom. The van der Waals surface area contributed by atoms with Crippen LogP contribution in [0.3, 0.4) is 0 Å². The summed E-state index contributed by atoms with van der Waals surface area (Å²) in [4.78, 5) is 0. The maximum atomic E-state index is 4.07. The predicted molar refractivity (Wildman–Crippen MR) is 54.9 cm³/mol. The summed E-state index contributed by atoms with van der Waals surface area (Å²) in [6.07, 6.45) is 6.42. The van der Waals surface area contributed by atoms with Crippen molar-refractivity contribution in [2.75, 3.05) is 0 Å². The van der Waals surface area contributed by atoms with Crippen LogP contribution in [0.5, 0.6) is 0 Å². The Morgan fingerprint density at radius 1 is 1.14 bits per heavy atom. The van der Waals surface area contributed by atoms with Crippen LogP contribution in [-0.4, -0.2) is 5.10 Å². The monoisotopic (exact) mass is 376 g/mol. The molecule has 84 valence electrons. The Bertz CT molecular complexity index is 236. The van der Waals surface area contributed by atoms with Crippen LogP contribution in [-0.2, 0) is 28.8 Å². The van der Waals surface area contributed by atoms with Crippen LogP contribution in [0.15, 0.2) is 0 Å². The molecule has 0 spiro atoms. The number of hydrogen-bond acceptors (Lipinski definition) is 1. The maximum Gasteiger partial charge on any atom is 1.00 e. The summed E-state index contributed by atoms with van der Waals surface area (Å²) in [5, 5.41) is 8.13. The number of aryl methyl sites for hydroxylation is 2. The zero-order valence-electron chi connectivity index (χ0n) is 9.23. The Labute approximate surface area is 102 Å². The van der Waals surface area contributed by atoms with Crippen LogP contribution in [0.1, 0.15) is 49.6 Å². The van der Waals surface area contributed by atoms with E-state index < -0.39 is 0 Å². The largest absolute Gasteiger partial charge is 1.00 e. The van der Waals surface area contributed by atoms with Crippen LogP contribution in [0.25, 0.3) is 0 Å². The standard InChI is InChI=1S/C11H19N2.Au/c1-4-5-6-7-8-11-9(2)12-13-10(11)3;/h4-8H2,1-3H3;/q-1;+1. The first kappa shape index (κ1) is 14.0. The van der Waals surface area contributed by atoms with E-state index in [4.69, 9.17) is 0 Å². The second-order valence-corrected chi connectivity index (χ2v) is 3.66. The summed E-state index contributed by atoms with van der Waals surface area (Å²) < 4.78 is 0. The third kappa shape index (κ3) is 3.99. The van der Waals surface area contributed by atoms with E-state index in [9.17, 15) is 0 Å². The van der Waals surface area contributed by atoms with Gasteiger partial charge < -0.3 is 10.2 Å². The number of aromatic nitrogens is 2. The van der Waals surface area contributed by atoms with Crippen molar-refractivity contribution in [3.63, 3.8) is 0 Å². The molecule has 0 aliphatic heterocycles. The van der Waals surface area contributed by atoms with Gasteiger partial charge in [-0.25, -0.2) is 0 Å². The number of rotatable bonds is 5. The summed E-state index contributed by atoms with van der Waals surface area (Å²) in [6, 6.07) is 0. The van der Waals surface area contributed by atoms with Crippen LogP contribution >= 0.6 is 0 Å². The Morgan fingerprint density at radius 3 is 2.36 bits per heavy atom. The molecule has 1 aromatic heterocycles. The molecule has 2 nitrogen and oxygen atoms in total. The van der Waals surface area contributed by atoms with Crippen molar-refractivity contribution < 1.29 is 22.4 Å². The first-order chi connectivity index (χ1) is 6.25. The number of unbranched alkanes of at least 4 members (excludes halogenated alkanes) is 3. The normalized spacial score (nSPS) is 9.93. The van der Waals surface area contributed by atoms with E-state index in [1.807, 2.05) is 0 Å². The van der Waals surface area contributed by atoms with Crippen molar-refractivity contribution in [3.8, 4) is 0 Å². The molecule has 1 rings (SSSR count). The first-order valence-electron chi connectivity index (χ1n) is 5.21. The van der Waals surface area contributed by atoms with Crippen molar-refractivity contribution in [2.24, 2.45) is 0 Å². The third-order valence-corrected chi connectivity index (χ3v) is 2.50. The average molecular weight is 376 g/mol. The molecule has 0 unspecified atom stereocenters. The molecule has 0 atom stereocenters. The molecule has 0 N–H and O–H groups in total. The Balaban J connectivity index is 0.00000169. The number of nitrogens with zero attached hydrogens (tertiary/aromatic N) is 2. The minimum absolute atomic E-state index is 0. The molecule has 1 heterocycles. The van der Waals surface area contributed by atoms with Crippen LogP contribution in [0.2, 0.25) is 0 Å². The minimum atomic E-state index is 0. The Hall–Kier alpha value is -0.0497. The van der Waals surface area contributed by atoms with Crippen LogP contribution in [0.4, 0.5) is 0 Å². The molecule has 14 heavy (non-hydrogen) atoms. The summed E-state index contributed by atoms with van der Waals surface area (Å²) in [6.45, 7) is 6.34. The van der Waals surface area contributed by atoms with E-state index in [0.29, 0.717) is 0 Å². The van der Waals surface area contributed by atoms with Gasteiger partial charge in [0.15, 0.2) is 0 Å². The predicted octanol–water partition coefficient (Wildman–Crippen LogP) is 2.78. The van der Waals surface area contributed by atoms with Crippen molar-refractivity contribution in [1.82, 2.24) is 10.2 Å². The molecule has 0 radical (unpaired) electrons. The van der Waals surface area contributed by atoms with E-state index >= 15 is 0 Å². The molecule has 0 saturated carbocycles. The molecule has 0 amide bonds. The van der Waals surface area contributed by atoms with E-state index in [1.54, 1.807) is 0 Å². The van der Waals surface area contributed by atoms with Crippen molar-refractivity contribution >= 4 is 0 Å². The fourth-order valence-corrected chi connectivity index (χ4v) is 1.62. The zero-order valence-corrected chi connectivity index (χ0v) is 11.4. The molecule has 0 aliphatic carbocycles. The zero-order chi connectivity index (χ0) is 9.68. The summed E-state index contributed by atoms with van der Waals surface area (Å²) in [5.74, 6) is 0. The van der Waals surface area contributed by atoms with Gasteiger partial charge in [-0.3, -0.25) is 0 Å². The maximum absolute atomic E-state index is 4.07. The van der Waals surface area contributed by atoms with Gasteiger partial charge in [0.05, 0.1) is 0 Å². The SMILES string of the molecule is CCCCCCc1c(C)n[n-]c1C.[Au+]. The molecular weight excluding hydrogens is 357 g/mol. The second kappa shape index (κ2) is 7.27. The molecule has 3 heteroatoms. The topological polar surface area (TPSA) is 27.0 Å². The minimum Gasteiger partial charge on any atom is -0.579 e. The van der Waals surface area contributed by atoms with Gasteiger partial charge in [0.25, 0.3) is 0 Å². The van der Waals surface area contributed by atoms with E-state index in [2.05, 4.69) is 31.0 Å². The van der Waals surface area contributed by atoms with Gasteiger partial charge in [-0.05, 0) is 25.3 Å². The third-order valence-electron chi connectivity index (χ3n) is 2.50. The number of hydrogen-bond donors (Lipinski definition) is 0. The fraction of sp³-hybridized carbons (Fsp3) is 0.727. The summed E-state index contributed by atoms with van der Waals surface area (Å²) >= 11 is 0.